The van der Waals surface area contributed by atoms with Crippen molar-refractivity contribution in [3.8, 4) is 0 Å². The zero-order chi connectivity index (χ0) is 14.8. The molecule has 0 aromatic heterocycles. The number of nitrogens with one attached hydrogen (secondary N) is 1. The molecule has 2 fully saturated rings. The van der Waals surface area contributed by atoms with Gasteiger partial charge in [-0.3, -0.25) is 4.90 Å². The zero-order valence-corrected chi connectivity index (χ0v) is 14.5. The molecule has 118 valence electrons. The Morgan fingerprint density at radius 2 is 1.80 bits per heavy atom. The first kappa shape index (κ1) is 16.3. The number of hydrogen-bond donors (Lipinski definition) is 1. The Labute approximate surface area is 126 Å². The lowest BCUT2D eigenvalue weighted by molar-refractivity contribution is -0.0125. The predicted octanol–water partition coefficient (Wildman–Crippen LogP) is 4.06. The van der Waals surface area contributed by atoms with Gasteiger partial charge in [-0.25, -0.2) is 0 Å². The van der Waals surface area contributed by atoms with E-state index in [9.17, 15) is 0 Å². The molecule has 0 bridgehead atoms. The summed E-state index contributed by atoms with van der Waals surface area (Å²) in [5.74, 6) is 0.818. The first-order chi connectivity index (χ1) is 9.33. The summed E-state index contributed by atoms with van der Waals surface area (Å²) in [4.78, 5) is 2.87. The molecule has 1 aliphatic heterocycles. The average molecular weight is 280 g/mol. The number of piperazine rings is 1. The Kier molecular flexibility index (Phi) is 5.18. The average Bonchev–Trinajstić information content (AvgIpc) is 2.37. The summed E-state index contributed by atoms with van der Waals surface area (Å²) in [6.45, 7) is 15.6. The van der Waals surface area contributed by atoms with Crippen LogP contribution in [0.1, 0.15) is 73.1 Å². The second-order valence-corrected chi connectivity index (χ2v) is 8.71. The third kappa shape index (κ3) is 3.76. The highest BCUT2D eigenvalue weighted by atomic mass is 15.3. The van der Waals surface area contributed by atoms with Gasteiger partial charge in [0.05, 0.1) is 0 Å². The van der Waals surface area contributed by atoms with Gasteiger partial charge in [0.1, 0.15) is 0 Å². The quantitative estimate of drug-likeness (QED) is 0.839. The molecular formula is C18H36N2. The maximum atomic E-state index is 3.90. The van der Waals surface area contributed by atoms with Crippen LogP contribution in [0.4, 0.5) is 0 Å². The summed E-state index contributed by atoms with van der Waals surface area (Å²) in [5.41, 5.74) is 0.848. The van der Waals surface area contributed by atoms with Gasteiger partial charge in [-0.1, -0.05) is 53.9 Å². The van der Waals surface area contributed by atoms with Crippen molar-refractivity contribution in [2.75, 3.05) is 19.6 Å². The Hall–Kier alpha value is -0.0800. The Morgan fingerprint density at radius 3 is 2.35 bits per heavy atom. The van der Waals surface area contributed by atoms with Crippen LogP contribution < -0.4 is 5.32 Å². The Morgan fingerprint density at radius 1 is 1.15 bits per heavy atom. The van der Waals surface area contributed by atoms with Crippen molar-refractivity contribution in [2.24, 2.45) is 11.3 Å². The third-order valence-corrected chi connectivity index (χ3v) is 5.56. The minimum atomic E-state index is 0.367. The zero-order valence-electron chi connectivity index (χ0n) is 14.5. The summed E-state index contributed by atoms with van der Waals surface area (Å²) < 4.78 is 0. The van der Waals surface area contributed by atoms with Gasteiger partial charge in [0.15, 0.2) is 0 Å². The van der Waals surface area contributed by atoms with Crippen LogP contribution >= 0.6 is 0 Å². The molecule has 0 aromatic rings. The molecule has 0 radical (unpaired) electrons. The second-order valence-electron chi connectivity index (χ2n) is 8.71. The van der Waals surface area contributed by atoms with Crippen LogP contribution in [-0.4, -0.2) is 36.1 Å². The largest absolute Gasteiger partial charge is 0.310 e. The van der Waals surface area contributed by atoms with Crippen LogP contribution in [0, 0.1) is 11.3 Å². The van der Waals surface area contributed by atoms with Crippen molar-refractivity contribution in [1.82, 2.24) is 10.2 Å². The topological polar surface area (TPSA) is 15.3 Å². The maximum Gasteiger partial charge on any atom is 0.0334 e. The van der Waals surface area contributed by atoms with E-state index >= 15 is 0 Å². The molecule has 1 unspecified atom stereocenters. The summed E-state index contributed by atoms with van der Waals surface area (Å²) in [6.07, 6.45) is 8.48. The number of rotatable bonds is 3. The van der Waals surface area contributed by atoms with E-state index in [1.165, 1.54) is 58.2 Å². The maximum absolute atomic E-state index is 3.90. The molecule has 1 aliphatic carbocycles. The van der Waals surface area contributed by atoms with Crippen molar-refractivity contribution < 1.29 is 0 Å². The highest BCUT2D eigenvalue weighted by molar-refractivity contribution is 5.02. The van der Waals surface area contributed by atoms with Crippen LogP contribution in [0.3, 0.4) is 0 Å². The van der Waals surface area contributed by atoms with Gasteiger partial charge in [0.2, 0.25) is 0 Å². The number of hydrogen-bond acceptors (Lipinski definition) is 2. The molecule has 1 saturated carbocycles. The standard InChI is InChI=1S/C18H36N2/c1-15(2)9-12-20-13-16(17(3,4)5)19-14-18(20)10-7-6-8-11-18/h15-16,19H,6-14H2,1-5H3. The molecule has 1 heterocycles. The Balaban J connectivity index is 2.07. The van der Waals surface area contributed by atoms with Gasteiger partial charge >= 0.3 is 0 Å². The van der Waals surface area contributed by atoms with E-state index in [-0.39, 0.29) is 0 Å². The van der Waals surface area contributed by atoms with Crippen molar-refractivity contribution in [3.63, 3.8) is 0 Å². The summed E-state index contributed by atoms with van der Waals surface area (Å²) in [7, 11) is 0. The lowest BCUT2D eigenvalue weighted by atomic mass is 9.75. The smallest absolute Gasteiger partial charge is 0.0334 e. The molecule has 0 amide bonds. The van der Waals surface area contributed by atoms with Crippen LogP contribution in [0.5, 0.6) is 0 Å². The molecule has 2 aliphatic rings. The second kappa shape index (κ2) is 6.36. The lowest BCUT2D eigenvalue weighted by Crippen LogP contribution is -2.67. The fourth-order valence-corrected chi connectivity index (χ4v) is 3.93. The van der Waals surface area contributed by atoms with E-state index in [0.717, 1.165) is 5.92 Å². The molecule has 2 heteroatoms. The molecule has 20 heavy (non-hydrogen) atoms. The molecule has 2 nitrogen and oxygen atoms in total. The van der Waals surface area contributed by atoms with E-state index in [1.807, 2.05) is 0 Å². The van der Waals surface area contributed by atoms with Gasteiger partial charge in [-0.15, -0.1) is 0 Å². The van der Waals surface area contributed by atoms with E-state index in [2.05, 4.69) is 44.8 Å². The molecule has 1 atom stereocenters. The van der Waals surface area contributed by atoms with Crippen molar-refractivity contribution in [1.29, 1.82) is 0 Å². The minimum absolute atomic E-state index is 0.367. The summed E-state index contributed by atoms with van der Waals surface area (Å²) in [5, 5.41) is 3.90. The third-order valence-electron chi connectivity index (χ3n) is 5.56. The molecular weight excluding hydrogens is 244 g/mol. The first-order valence-electron chi connectivity index (χ1n) is 8.82. The number of nitrogens with zero attached hydrogens (tertiary/aromatic N) is 1. The van der Waals surface area contributed by atoms with Crippen molar-refractivity contribution in [3.05, 3.63) is 0 Å². The Bertz CT molecular complexity index is 297. The molecule has 1 saturated heterocycles. The molecule has 1 spiro atoms. The highest BCUT2D eigenvalue weighted by Gasteiger charge is 2.44. The van der Waals surface area contributed by atoms with Crippen LogP contribution in [0.25, 0.3) is 0 Å². The van der Waals surface area contributed by atoms with E-state index in [4.69, 9.17) is 0 Å². The van der Waals surface area contributed by atoms with E-state index in [1.54, 1.807) is 0 Å². The van der Waals surface area contributed by atoms with E-state index < -0.39 is 0 Å². The fourth-order valence-electron chi connectivity index (χ4n) is 3.93. The molecule has 1 N–H and O–H groups in total. The van der Waals surface area contributed by atoms with Crippen LogP contribution in [0.2, 0.25) is 0 Å². The molecule has 2 rings (SSSR count). The van der Waals surface area contributed by atoms with Gasteiger partial charge < -0.3 is 5.32 Å². The minimum Gasteiger partial charge on any atom is -0.310 e. The fraction of sp³-hybridized carbons (Fsp3) is 1.00. The SMILES string of the molecule is CC(C)CCN1CC(C(C)(C)C)NCC12CCCCC2. The predicted molar refractivity (Wildman–Crippen MR) is 88.1 cm³/mol. The normalized spacial score (nSPS) is 28.2. The van der Waals surface area contributed by atoms with Crippen molar-refractivity contribution >= 4 is 0 Å². The van der Waals surface area contributed by atoms with Crippen LogP contribution in [-0.2, 0) is 0 Å². The van der Waals surface area contributed by atoms with E-state index in [0.29, 0.717) is 17.0 Å². The highest BCUT2D eigenvalue weighted by Crippen LogP contribution is 2.37. The first-order valence-corrected chi connectivity index (χ1v) is 8.82. The van der Waals surface area contributed by atoms with Gasteiger partial charge in [-0.2, -0.15) is 0 Å². The monoisotopic (exact) mass is 280 g/mol. The van der Waals surface area contributed by atoms with Crippen molar-refractivity contribution in [2.45, 2.75) is 84.7 Å². The van der Waals surface area contributed by atoms with Gasteiger partial charge in [-0.05, 0) is 37.1 Å². The van der Waals surface area contributed by atoms with Gasteiger partial charge in [0.25, 0.3) is 0 Å². The lowest BCUT2D eigenvalue weighted by Gasteiger charge is -2.54. The summed E-state index contributed by atoms with van der Waals surface area (Å²) >= 11 is 0. The van der Waals surface area contributed by atoms with Gasteiger partial charge in [0, 0.05) is 24.7 Å². The van der Waals surface area contributed by atoms with Crippen LogP contribution in [0.15, 0.2) is 0 Å². The summed E-state index contributed by atoms with van der Waals surface area (Å²) in [6, 6.07) is 0.641. The molecule has 0 aromatic carbocycles.